The van der Waals surface area contributed by atoms with Crippen LogP contribution in [0.1, 0.15) is 12.0 Å². The Kier molecular flexibility index (Phi) is 4.55. The molecule has 0 heterocycles. The van der Waals surface area contributed by atoms with Crippen LogP contribution in [0, 0.1) is 0 Å². The van der Waals surface area contributed by atoms with Crippen LogP contribution in [-0.2, 0) is 6.42 Å². The average Bonchev–Trinajstić information content (AvgIpc) is 2.25. The Bertz CT molecular complexity index is 272. The lowest BCUT2D eigenvalue weighted by Crippen LogP contribution is -2.33. The van der Waals surface area contributed by atoms with Gasteiger partial charge in [-0.1, -0.05) is 30.3 Å². The molecular formula is C11H16N2O. The van der Waals surface area contributed by atoms with Crippen molar-refractivity contribution in [3.8, 4) is 0 Å². The van der Waals surface area contributed by atoms with Crippen LogP contribution in [-0.4, -0.2) is 19.6 Å². The van der Waals surface area contributed by atoms with Gasteiger partial charge in [0.1, 0.15) is 0 Å². The lowest BCUT2D eigenvalue weighted by molar-refractivity contribution is 0.243. The molecule has 2 amide bonds. The lowest BCUT2D eigenvalue weighted by atomic mass is 10.1. The van der Waals surface area contributed by atoms with E-state index in [2.05, 4.69) is 22.8 Å². The quantitative estimate of drug-likeness (QED) is 0.698. The molecule has 0 atom stereocenters. The molecule has 0 spiro atoms. The minimum atomic E-state index is -0.113. The Balaban J connectivity index is 2.13. The number of aryl methyl sites for hydroxylation is 1. The number of carbonyl (C=O) groups excluding carboxylic acids is 1. The zero-order chi connectivity index (χ0) is 10.2. The normalized spacial score (nSPS) is 9.50. The molecule has 0 aliphatic heterocycles. The van der Waals surface area contributed by atoms with Crippen LogP contribution < -0.4 is 10.6 Å². The van der Waals surface area contributed by atoms with Crippen molar-refractivity contribution in [1.29, 1.82) is 0 Å². The molecule has 0 fully saturated rings. The van der Waals surface area contributed by atoms with Gasteiger partial charge in [0.2, 0.25) is 0 Å². The molecule has 0 saturated heterocycles. The topological polar surface area (TPSA) is 41.1 Å². The lowest BCUT2D eigenvalue weighted by Gasteiger charge is -2.03. The fourth-order valence-corrected chi connectivity index (χ4v) is 1.23. The van der Waals surface area contributed by atoms with E-state index < -0.39 is 0 Å². The summed E-state index contributed by atoms with van der Waals surface area (Å²) in [6, 6.07) is 10.1. The van der Waals surface area contributed by atoms with E-state index in [1.54, 1.807) is 7.05 Å². The van der Waals surface area contributed by atoms with E-state index in [4.69, 9.17) is 0 Å². The Morgan fingerprint density at radius 2 is 2.00 bits per heavy atom. The molecule has 0 aliphatic carbocycles. The van der Waals surface area contributed by atoms with Gasteiger partial charge >= 0.3 is 6.03 Å². The second kappa shape index (κ2) is 6.02. The summed E-state index contributed by atoms with van der Waals surface area (Å²) >= 11 is 0. The van der Waals surface area contributed by atoms with Crippen LogP contribution in [0.4, 0.5) is 4.79 Å². The predicted octanol–water partition coefficient (Wildman–Crippen LogP) is 1.55. The maximum atomic E-state index is 10.8. The zero-order valence-electron chi connectivity index (χ0n) is 8.42. The molecule has 76 valence electrons. The first-order valence-corrected chi connectivity index (χ1v) is 4.82. The Labute approximate surface area is 84.5 Å². The van der Waals surface area contributed by atoms with Gasteiger partial charge < -0.3 is 10.6 Å². The fraction of sp³-hybridized carbons (Fsp3) is 0.364. The Hall–Kier alpha value is -1.51. The largest absolute Gasteiger partial charge is 0.341 e. The molecule has 3 heteroatoms. The first-order valence-electron chi connectivity index (χ1n) is 4.82. The number of hydrogen-bond donors (Lipinski definition) is 2. The third kappa shape index (κ3) is 3.94. The molecule has 3 nitrogen and oxygen atoms in total. The first kappa shape index (κ1) is 10.6. The highest BCUT2D eigenvalue weighted by Gasteiger charge is 1.95. The van der Waals surface area contributed by atoms with E-state index in [1.165, 1.54) is 5.56 Å². The summed E-state index contributed by atoms with van der Waals surface area (Å²) in [5, 5.41) is 5.27. The number of hydrogen-bond acceptors (Lipinski definition) is 1. The molecule has 1 rings (SSSR count). The van der Waals surface area contributed by atoms with Gasteiger partial charge in [0.25, 0.3) is 0 Å². The number of benzene rings is 1. The molecule has 0 aliphatic rings. The molecule has 0 aromatic heterocycles. The number of carbonyl (C=O) groups is 1. The third-order valence-electron chi connectivity index (χ3n) is 2.00. The van der Waals surface area contributed by atoms with E-state index >= 15 is 0 Å². The van der Waals surface area contributed by atoms with E-state index in [1.807, 2.05) is 18.2 Å². The van der Waals surface area contributed by atoms with Crippen LogP contribution in [0.5, 0.6) is 0 Å². The average molecular weight is 192 g/mol. The Morgan fingerprint density at radius 3 is 2.64 bits per heavy atom. The highest BCUT2D eigenvalue weighted by atomic mass is 16.2. The number of urea groups is 1. The van der Waals surface area contributed by atoms with Crippen molar-refractivity contribution in [3.05, 3.63) is 35.9 Å². The van der Waals surface area contributed by atoms with Gasteiger partial charge in [-0.2, -0.15) is 0 Å². The van der Waals surface area contributed by atoms with Crippen molar-refractivity contribution in [2.75, 3.05) is 13.6 Å². The molecule has 2 N–H and O–H groups in total. The van der Waals surface area contributed by atoms with Crippen LogP contribution in [0.15, 0.2) is 30.3 Å². The van der Waals surface area contributed by atoms with E-state index in [9.17, 15) is 4.79 Å². The summed E-state index contributed by atoms with van der Waals surface area (Å²) in [7, 11) is 1.62. The molecule has 1 aromatic carbocycles. The first-order chi connectivity index (χ1) is 6.83. The molecule has 0 radical (unpaired) electrons. The third-order valence-corrected chi connectivity index (χ3v) is 2.00. The van der Waals surface area contributed by atoms with E-state index in [-0.39, 0.29) is 6.03 Å². The van der Waals surface area contributed by atoms with Crippen LogP contribution in [0.2, 0.25) is 0 Å². The maximum absolute atomic E-state index is 10.8. The second-order valence-electron chi connectivity index (χ2n) is 3.10. The zero-order valence-corrected chi connectivity index (χ0v) is 8.42. The molecule has 1 aromatic rings. The van der Waals surface area contributed by atoms with Crippen molar-refractivity contribution in [1.82, 2.24) is 10.6 Å². The predicted molar refractivity (Wildman–Crippen MR) is 57.2 cm³/mol. The van der Waals surface area contributed by atoms with Crippen molar-refractivity contribution in [3.63, 3.8) is 0 Å². The highest BCUT2D eigenvalue weighted by Crippen LogP contribution is 2.01. The number of rotatable bonds is 4. The van der Waals surface area contributed by atoms with Gasteiger partial charge in [0.15, 0.2) is 0 Å². The van der Waals surface area contributed by atoms with Crippen LogP contribution in [0.25, 0.3) is 0 Å². The summed E-state index contributed by atoms with van der Waals surface area (Å²) in [5.41, 5.74) is 1.31. The SMILES string of the molecule is CNC(=O)NCCCc1ccccc1. The molecule has 0 saturated carbocycles. The highest BCUT2D eigenvalue weighted by molar-refractivity contribution is 5.73. The van der Waals surface area contributed by atoms with Gasteiger partial charge in [-0.15, -0.1) is 0 Å². The molecule has 0 unspecified atom stereocenters. The standard InChI is InChI=1S/C11H16N2O/c1-12-11(14)13-9-5-8-10-6-3-2-4-7-10/h2-4,6-7H,5,8-9H2,1H3,(H2,12,13,14). The molecular weight excluding hydrogens is 176 g/mol. The van der Waals surface area contributed by atoms with Crippen molar-refractivity contribution >= 4 is 6.03 Å². The van der Waals surface area contributed by atoms with E-state index in [0.29, 0.717) is 6.54 Å². The summed E-state index contributed by atoms with van der Waals surface area (Å²) in [6.07, 6.45) is 1.97. The second-order valence-corrected chi connectivity index (χ2v) is 3.10. The van der Waals surface area contributed by atoms with Crippen molar-refractivity contribution in [2.24, 2.45) is 0 Å². The van der Waals surface area contributed by atoms with Gasteiger partial charge in [-0.05, 0) is 18.4 Å². The minimum Gasteiger partial charge on any atom is -0.341 e. The number of nitrogens with one attached hydrogen (secondary N) is 2. The minimum absolute atomic E-state index is 0.113. The Morgan fingerprint density at radius 1 is 1.29 bits per heavy atom. The van der Waals surface area contributed by atoms with Gasteiger partial charge in [-0.25, -0.2) is 4.79 Å². The summed E-state index contributed by atoms with van der Waals surface area (Å²) in [6.45, 7) is 0.717. The van der Waals surface area contributed by atoms with E-state index in [0.717, 1.165) is 12.8 Å². The summed E-state index contributed by atoms with van der Waals surface area (Å²) in [5.74, 6) is 0. The van der Waals surface area contributed by atoms with Crippen LogP contribution in [0.3, 0.4) is 0 Å². The maximum Gasteiger partial charge on any atom is 0.314 e. The van der Waals surface area contributed by atoms with Gasteiger partial charge in [-0.3, -0.25) is 0 Å². The molecule has 0 bridgehead atoms. The fourth-order valence-electron chi connectivity index (χ4n) is 1.23. The smallest absolute Gasteiger partial charge is 0.314 e. The van der Waals surface area contributed by atoms with Crippen molar-refractivity contribution in [2.45, 2.75) is 12.8 Å². The van der Waals surface area contributed by atoms with Gasteiger partial charge in [0, 0.05) is 13.6 Å². The van der Waals surface area contributed by atoms with Crippen molar-refractivity contribution < 1.29 is 4.79 Å². The molecule has 14 heavy (non-hydrogen) atoms. The monoisotopic (exact) mass is 192 g/mol. The van der Waals surface area contributed by atoms with Gasteiger partial charge in [0.05, 0.1) is 0 Å². The summed E-state index contributed by atoms with van der Waals surface area (Å²) in [4.78, 5) is 10.8. The van der Waals surface area contributed by atoms with Crippen LogP contribution >= 0.6 is 0 Å². The number of amides is 2. The summed E-state index contributed by atoms with van der Waals surface area (Å²) < 4.78 is 0.